The Morgan fingerprint density at radius 3 is 2.64 bits per heavy atom. The van der Waals surface area contributed by atoms with Crippen molar-refractivity contribution in [2.75, 3.05) is 5.32 Å². The summed E-state index contributed by atoms with van der Waals surface area (Å²) in [4.78, 5) is 16.8. The van der Waals surface area contributed by atoms with Crippen LogP contribution in [0.15, 0.2) is 58.4 Å². The van der Waals surface area contributed by atoms with Gasteiger partial charge in [0.25, 0.3) is 5.91 Å². The van der Waals surface area contributed by atoms with E-state index in [0.717, 1.165) is 21.5 Å². The molecule has 3 aromatic rings. The van der Waals surface area contributed by atoms with Crippen molar-refractivity contribution in [2.24, 2.45) is 0 Å². The van der Waals surface area contributed by atoms with Crippen molar-refractivity contribution in [3.63, 3.8) is 0 Å². The summed E-state index contributed by atoms with van der Waals surface area (Å²) in [6, 6.07) is 15.0. The molecule has 6 heteroatoms. The number of hydrogen-bond acceptors (Lipinski definition) is 4. The molecular weight excluding hydrogens is 400 g/mol. The lowest BCUT2D eigenvalue weighted by Gasteiger charge is -2.09. The number of rotatable bonds is 5. The van der Waals surface area contributed by atoms with E-state index in [4.69, 9.17) is 4.74 Å². The minimum absolute atomic E-state index is 0.143. The first-order valence-electron chi connectivity index (χ1n) is 7.81. The van der Waals surface area contributed by atoms with Crippen LogP contribution in [0.1, 0.15) is 24.2 Å². The lowest BCUT2D eigenvalue weighted by atomic mass is 10.2. The zero-order valence-electron chi connectivity index (χ0n) is 13.8. The molecule has 1 aromatic heterocycles. The van der Waals surface area contributed by atoms with Crippen molar-refractivity contribution in [3.05, 3.63) is 63.9 Å². The molecule has 1 amide bonds. The monoisotopic (exact) mass is 416 g/mol. The van der Waals surface area contributed by atoms with Crippen LogP contribution in [0, 0.1) is 0 Å². The Balaban J connectivity index is 1.71. The number of aromatic nitrogens is 1. The summed E-state index contributed by atoms with van der Waals surface area (Å²) in [5.74, 6) is 0.653. The second-order valence-corrected chi connectivity index (χ2v) is 7.47. The molecule has 0 bridgehead atoms. The van der Waals surface area contributed by atoms with E-state index < -0.39 is 0 Å². The lowest BCUT2D eigenvalue weighted by Crippen LogP contribution is -2.11. The van der Waals surface area contributed by atoms with Gasteiger partial charge in [-0.2, -0.15) is 0 Å². The Bertz CT molecular complexity index is 875. The molecule has 0 spiro atoms. The Morgan fingerprint density at radius 1 is 1.20 bits per heavy atom. The van der Waals surface area contributed by atoms with Crippen LogP contribution in [-0.2, 0) is 0 Å². The zero-order chi connectivity index (χ0) is 17.8. The van der Waals surface area contributed by atoms with Crippen LogP contribution in [-0.4, -0.2) is 17.0 Å². The molecule has 4 nitrogen and oxygen atoms in total. The van der Waals surface area contributed by atoms with Crippen LogP contribution < -0.4 is 10.1 Å². The maximum absolute atomic E-state index is 12.3. The molecule has 0 aliphatic rings. The molecule has 0 aliphatic heterocycles. The highest BCUT2D eigenvalue weighted by Gasteiger charge is 2.10. The molecule has 0 saturated carbocycles. The maximum atomic E-state index is 12.3. The molecule has 0 unspecified atom stereocenters. The quantitative estimate of drug-likeness (QED) is 0.587. The van der Waals surface area contributed by atoms with Crippen LogP contribution in [0.5, 0.6) is 5.75 Å². The number of thiazole rings is 1. The van der Waals surface area contributed by atoms with Gasteiger partial charge in [-0.15, -0.1) is 11.3 Å². The van der Waals surface area contributed by atoms with Gasteiger partial charge >= 0.3 is 0 Å². The number of ether oxygens (including phenoxy) is 1. The average molecular weight is 417 g/mol. The molecule has 0 saturated heterocycles. The fourth-order valence-corrected chi connectivity index (χ4v) is 3.35. The van der Waals surface area contributed by atoms with Crippen LogP contribution in [0.4, 0.5) is 5.13 Å². The largest absolute Gasteiger partial charge is 0.491 e. The lowest BCUT2D eigenvalue weighted by molar-refractivity contribution is 0.102. The summed E-state index contributed by atoms with van der Waals surface area (Å²) in [6.45, 7) is 3.99. The third-order valence-electron chi connectivity index (χ3n) is 3.33. The fraction of sp³-hybridized carbons (Fsp3) is 0.158. The Labute approximate surface area is 159 Å². The molecule has 3 rings (SSSR count). The number of carbonyl (C=O) groups excluding carboxylic acids is 1. The van der Waals surface area contributed by atoms with Crippen LogP contribution >= 0.6 is 27.3 Å². The van der Waals surface area contributed by atoms with Gasteiger partial charge in [-0.1, -0.05) is 22.0 Å². The van der Waals surface area contributed by atoms with Crippen molar-refractivity contribution in [2.45, 2.75) is 20.0 Å². The average Bonchev–Trinajstić information content (AvgIpc) is 3.03. The number of carbonyl (C=O) groups is 1. The number of anilines is 1. The highest BCUT2D eigenvalue weighted by Crippen LogP contribution is 2.27. The van der Waals surface area contributed by atoms with Crippen LogP contribution in [0.25, 0.3) is 11.3 Å². The third-order valence-corrected chi connectivity index (χ3v) is 4.58. The first-order chi connectivity index (χ1) is 12.0. The van der Waals surface area contributed by atoms with E-state index in [2.05, 4.69) is 26.2 Å². The van der Waals surface area contributed by atoms with Crippen molar-refractivity contribution >= 4 is 38.3 Å². The van der Waals surface area contributed by atoms with Crippen molar-refractivity contribution in [1.29, 1.82) is 0 Å². The minimum atomic E-state index is -0.178. The maximum Gasteiger partial charge on any atom is 0.257 e. The molecule has 25 heavy (non-hydrogen) atoms. The number of hydrogen-bond donors (Lipinski definition) is 1. The van der Waals surface area contributed by atoms with Gasteiger partial charge < -0.3 is 4.74 Å². The summed E-state index contributed by atoms with van der Waals surface area (Å²) in [5, 5.41) is 5.33. The van der Waals surface area contributed by atoms with Gasteiger partial charge in [0.05, 0.1) is 11.8 Å². The van der Waals surface area contributed by atoms with E-state index in [1.54, 1.807) is 12.1 Å². The number of nitrogens with zero attached hydrogens (tertiary/aromatic N) is 1. The normalized spacial score (nSPS) is 10.7. The number of amides is 1. The topological polar surface area (TPSA) is 51.2 Å². The van der Waals surface area contributed by atoms with E-state index >= 15 is 0 Å². The molecule has 0 atom stereocenters. The van der Waals surface area contributed by atoms with E-state index in [9.17, 15) is 4.79 Å². The highest BCUT2D eigenvalue weighted by molar-refractivity contribution is 9.10. The van der Waals surface area contributed by atoms with E-state index in [1.807, 2.05) is 55.6 Å². The van der Waals surface area contributed by atoms with Crippen LogP contribution in [0.2, 0.25) is 0 Å². The van der Waals surface area contributed by atoms with E-state index in [-0.39, 0.29) is 12.0 Å². The summed E-state index contributed by atoms with van der Waals surface area (Å²) < 4.78 is 6.51. The van der Waals surface area contributed by atoms with Gasteiger partial charge in [0, 0.05) is 21.0 Å². The molecule has 0 radical (unpaired) electrons. The van der Waals surface area contributed by atoms with Gasteiger partial charge in [-0.3, -0.25) is 10.1 Å². The Kier molecular flexibility index (Phi) is 5.50. The molecule has 1 N–H and O–H groups in total. The predicted octanol–water partition coefficient (Wildman–Crippen LogP) is 5.61. The first kappa shape index (κ1) is 17.6. The van der Waals surface area contributed by atoms with Crippen molar-refractivity contribution in [3.8, 4) is 17.0 Å². The van der Waals surface area contributed by atoms with Gasteiger partial charge in [0.1, 0.15) is 5.75 Å². The molecule has 1 heterocycles. The predicted molar refractivity (Wildman–Crippen MR) is 105 cm³/mol. The van der Waals surface area contributed by atoms with E-state index in [0.29, 0.717) is 10.7 Å². The second kappa shape index (κ2) is 7.80. The molecular formula is C19H17BrN2O2S. The molecule has 128 valence electrons. The second-order valence-electron chi connectivity index (χ2n) is 5.69. The third kappa shape index (κ3) is 4.67. The summed E-state index contributed by atoms with van der Waals surface area (Å²) in [6.07, 6.45) is 0.143. The molecule has 2 aromatic carbocycles. The zero-order valence-corrected chi connectivity index (χ0v) is 16.2. The Hall–Kier alpha value is -2.18. The number of halogens is 1. The highest BCUT2D eigenvalue weighted by atomic mass is 79.9. The summed E-state index contributed by atoms with van der Waals surface area (Å²) in [5.41, 5.74) is 2.39. The molecule has 0 aliphatic carbocycles. The Morgan fingerprint density at radius 2 is 1.96 bits per heavy atom. The minimum Gasteiger partial charge on any atom is -0.491 e. The SMILES string of the molecule is CC(C)Oc1ccc(-c2csc(NC(=O)c3cccc(Br)c3)n2)cc1. The van der Waals surface area contributed by atoms with Crippen LogP contribution in [0.3, 0.4) is 0 Å². The van der Waals surface area contributed by atoms with E-state index in [1.165, 1.54) is 11.3 Å². The van der Waals surface area contributed by atoms with Gasteiger partial charge in [-0.25, -0.2) is 4.98 Å². The fourth-order valence-electron chi connectivity index (χ4n) is 2.24. The van der Waals surface area contributed by atoms with Gasteiger partial charge in [0.15, 0.2) is 5.13 Å². The van der Waals surface area contributed by atoms with Gasteiger partial charge in [0.2, 0.25) is 0 Å². The summed E-state index contributed by atoms with van der Waals surface area (Å²) >= 11 is 4.77. The number of benzene rings is 2. The van der Waals surface area contributed by atoms with Crippen molar-refractivity contribution in [1.82, 2.24) is 4.98 Å². The van der Waals surface area contributed by atoms with Gasteiger partial charge in [-0.05, 0) is 56.3 Å². The standard InChI is InChI=1S/C19H17BrN2O2S/c1-12(2)24-16-8-6-13(7-9-16)17-11-25-19(21-17)22-18(23)14-4-3-5-15(20)10-14/h3-12H,1-2H3,(H,21,22,23). The van der Waals surface area contributed by atoms with Crippen molar-refractivity contribution < 1.29 is 9.53 Å². The first-order valence-corrected chi connectivity index (χ1v) is 9.48. The number of nitrogens with one attached hydrogen (secondary N) is 1. The smallest absolute Gasteiger partial charge is 0.257 e. The summed E-state index contributed by atoms with van der Waals surface area (Å²) in [7, 11) is 0. The molecule has 0 fully saturated rings.